The van der Waals surface area contributed by atoms with Crippen molar-refractivity contribution in [3.05, 3.63) is 29.8 Å². The lowest BCUT2D eigenvalue weighted by molar-refractivity contribution is -0.135. The van der Waals surface area contributed by atoms with Gasteiger partial charge in [0.2, 0.25) is 17.7 Å². The van der Waals surface area contributed by atoms with Gasteiger partial charge in [-0.05, 0) is 36.6 Å². The van der Waals surface area contributed by atoms with Gasteiger partial charge in [0.25, 0.3) is 0 Å². The first kappa shape index (κ1) is 17.0. The Morgan fingerprint density at radius 1 is 1.16 bits per heavy atom. The van der Waals surface area contributed by atoms with E-state index in [9.17, 15) is 14.4 Å². The van der Waals surface area contributed by atoms with Crippen LogP contribution in [0.4, 0.5) is 0 Å². The highest BCUT2D eigenvalue weighted by molar-refractivity contribution is 6.08. The fourth-order valence-electron chi connectivity index (χ4n) is 2.88. The summed E-state index contributed by atoms with van der Waals surface area (Å²) in [6.45, 7) is 0. The van der Waals surface area contributed by atoms with Crippen LogP contribution in [0.1, 0.15) is 24.8 Å². The number of nitrogens with one attached hydrogen (secondary N) is 1. The van der Waals surface area contributed by atoms with Crippen molar-refractivity contribution in [1.82, 2.24) is 10.2 Å². The Kier molecular flexibility index (Phi) is 4.74. The molecule has 0 bridgehead atoms. The van der Waals surface area contributed by atoms with Crippen LogP contribution >= 0.6 is 0 Å². The standard InChI is InChI=1S/C18H20N2O5/c1-24-13-7-11(8-14(9-13)25-2)3-6-17(22)20(12-4-5-12)15-10-16(21)19-18(15)23/h3,6-9,12,15H,4-5,10H2,1-2H3,(H,19,21,23). The molecule has 2 fully saturated rings. The summed E-state index contributed by atoms with van der Waals surface area (Å²) in [6, 6.07) is 4.61. The third kappa shape index (κ3) is 3.81. The van der Waals surface area contributed by atoms with E-state index in [2.05, 4.69) is 5.32 Å². The second-order valence-electron chi connectivity index (χ2n) is 6.09. The lowest BCUT2D eigenvalue weighted by atomic mass is 10.1. The average Bonchev–Trinajstić information content (AvgIpc) is 3.38. The minimum absolute atomic E-state index is 0.0265. The number of ether oxygens (including phenoxy) is 2. The maximum absolute atomic E-state index is 12.6. The second kappa shape index (κ2) is 6.96. The molecule has 1 heterocycles. The molecule has 3 rings (SSSR count). The Morgan fingerprint density at radius 3 is 2.28 bits per heavy atom. The number of benzene rings is 1. The number of rotatable bonds is 6. The zero-order valence-electron chi connectivity index (χ0n) is 14.2. The van der Waals surface area contributed by atoms with Crippen molar-refractivity contribution in [2.45, 2.75) is 31.3 Å². The van der Waals surface area contributed by atoms with Crippen molar-refractivity contribution in [3.63, 3.8) is 0 Å². The lowest BCUT2D eigenvalue weighted by Gasteiger charge is -2.25. The van der Waals surface area contributed by atoms with E-state index in [0.717, 1.165) is 18.4 Å². The first-order valence-electron chi connectivity index (χ1n) is 8.09. The Labute approximate surface area is 145 Å². The van der Waals surface area contributed by atoms with E-state index in [-0.39, 0.29) is 24.3 Å². The minimum Gasteiger partial charge on any atom is -0.497 e. The van der Waals surface area contributed by atoms with Gasteiger partial charge < -0.3 is 14.4 Å². The summed E-state index contributed by atoms with van der Waals surface area (Å²) >= 11 is 0. The molecule has 1 atom stereocenters. The predicted octanol–water partition coefficient (Wildman–Crippen LogP) is 1.12. The summed E-state index contributed by atoms with van der Waals surface area (Å²) in [6.07, 6.45) is 4.80. The van der Waals surface area contributed by atoms with Crippen LogP contribution < -0.4 is 14.8 Å². The molecule has 132 valence electrons. The highest BCUT2D eigenvalue weighted by Gasteiger charge is 2.43. The molecule has 7 nitrogen and oxygen atoms in total. The molecule has 2 aliphatic rings. The van der Waals surface area contributed by atoms with Crippen molar-refractivity contribution in [3.8, 4) is 11.5 Å². The minimum atomic E-state index is -0.711. The molecular weight excluding hydrogens is 324 g/mol. The molecule has 7 heteroatoms. The highest BCUT2D eigenvalue weighted by Crippen LogP contribution is 2.31. The normalized spacial score (nSPS) is 19.8. The van der Waals surface area contributed by atoms with Crippen molar-refractivity contribution >= 4 is 23.8 Å². The average molecular weight is 344 g/mol. The van der Waals surface area contributed by atoms with Crippen LogP contribution in [0.2, 0.25) is 0 Å². The molecule has 1 aliphatic carbocycles. The van der Waals surface area contributed by atoms with Gasteiger partial charge in [-0.25, -0.2) is 0 Å². The molecule has 1 N–H and O–H groups in total. The van der Waals surface area contributed by atoms with Crippen molar-refractivity contribution in [2.24, 2.45) is 0 Å². The molecule has 0 spiro atoms. The molecule has 1 saturated heterocycles. The van der Waals surface area contributed by atoms with Crippen LogP contribution in [0.15, 0.2) is 24.3 Å². The summed E-state index contributed by atoms with van der Waals surface area (Å²) in [5.74, 6) is 0.216. The second-order valence-corrected chi connectivity index (χ2v) is 6.09. The monoisotopic (exact) mass is 344 g/mol. The number of imide groups is 1. The molecule has 0 radical (unpaired) electrons. The summed E-state index contributed by atoms with van der Waals surface area (Å²) in [4.78, 5) is 37.5. The van der Waals surface area contributed by atoms with Gasteiger partial charge in [0.1, 0.15) is 17.5 Å². The first-order valence-corrected chi connectivity index (χ1v) is 8.09. The van der Waals surface area contributed by atoms with Gasteiger partial charge >= 0.3 is 0 Å². The van der Waals surface area contributed by atoms with Crippen LogP contribution in [0.3, 0.4) is 0 Å². The number of carbonyl (C=O) groups excluding carboxylic acids is 3. The highest BCUT2D eigenvalue weighted by atomic mass is 16.5. The number of amides is 3. The van der Waals surface area contributed by atoms with Crippen LogP contribution in [-0.2, 0) is 14.4 Å². The van der Waals surface area contributed by atoms with Crippen LogP contribution in [0, 0.1) is 0 Å². The lowest BCUT2D eigenvalue weighted by Crippen LogP contribution is -2.45. The molecule has 1 aromatic carbocycles. The zero-order chi connectivity index (χ0) is 18.0. The number of methoxy groups -OCH3 is 2. The van der Waals surface area contributed by atoms with Gasteiger partial charge in [0.05, 0.1) is 20.6 Å². The van der Waals surface area contributed by atoms with E-state index in [1.807, 2.05) is 0 Å². The Bertz CT molecular complexity index is 717. The Morgan fingerprint density at radius 2 is 1.80 bits per heavy atom. The van der Waals surface area contributed by atoms with Crippen molar-refractivity contribution < 1.29 is 23.9 Å². The molecular formula is C18H20N2O5. The SMILES string of the molecule is COc1cc(C=CC(=O)N(C2CC2)C2CC(=O)NC2=O)cc(OC)c1. The summed E-state index contributed by atoms with van der Waals surface area (Å²) < 4.78 is 10.4. The molecule has 0 aromatic heterocycles. The van der Waals surface area contributed by atoms with Gasteiger partial charge in [0, 0.05) is 18.2 Å². The van der Waals surface area contributed by atoms with E-state index < -0.39 is 11.9 Å². The summed E-state index contributed by atoms with van der Waals surface area (Å²) in [5, 5.41) is 2.26. The van der Waals surface area contributed by atoms with E-state index in [4.69, 9.17) is 9.47 Å². The molecule has 1 aliphatic heterocycles. The topological polar surface area (TPSA) is 84.9 Å². The van der Waals surface area contributed by atoms with Crippen molar-refractivity contribution in [2.75, 3.05) is 14.2 Å². The van der Waals surface area contributed by atoms with Gasteiger partial charge in [0.15, 0.2) is 0 Å². The maximum atomic E-state index is 12.6. The number of carbonyl (C=O) groups is 3. The largest absolute Gasteiger partial charge is 0.497 e. The molecule has 25 heavy (non-hydrogen) atoms. The predicted molar refractivity (Wildman–Crippen MR) is 90.0 cm³/mol. The smallest absolute Gasteiger partial charge is 0.249 e. The Balaban J connectivity index is 1.79. The van der Waals surface area contributed by atoms with Gasteiger partial charge in [-0.3, -0.25) is 19.7 Å². The van der Waals surface area contributed by atoms with Crippen LogP contribution in [0.5, 0.6) is 11.5 Å². The summed E-state index contributed by atoms with van der Waals surface area (Å²) in [5.41, 5.74) is 0.743. The zero-order valence-corrected chi connectivity index (χ0v) is 14.2. The third-order valence-electron chi connectivity index (χ3n) is 4.27. The number of nitrogens with zero attached hydrogens (tertiary/aromatic N) is 1. The third-order valence-corrected chi connectivity index (χ3v) is 4.27. The van der Waals surface area contributed by atoms with Crippen LogP contribution in [0.25, 0.3) is 6.08 Å². The van der Waals surface area contributed by atoms with E-state index in [1.54, 1.807) is 38.5 Å². The summed E-state index contributed by atoms with van der Waals surface area (Å²) in [7, 11) is 3.11. The fourth-order valence-corrected chi connectivity index (χ4v) is 2.88. The van der Waals surface area contributed by atoms with Gasteiger partial charge in [-0.15, -0.1) is 0 Å². The molecule has 1 saturated carbocycles. The van der Waals surface area contributed by atoms with Crippen molar-refractivity contribution in [1.29, 1.82) is 0 Å². The van der Waals surface area contributed by atoms with E-state index >= 15 is 0 Å². The Hall–Kier alpha value is -2.83. The maximum Gasteiger partial charge on any atom is 0.249 e. The van der Waals surface area contributed by atoms with Gasteiger partial charge in [-0.2, -0.15) is 0 Å². The first-order chi connectivity index (χ1) is 12.0. The number of hydrogen-bond donors (Lipinski definition) is 1. The van der Waals surface area contributed by atoms with E-state index in [0.29, 0.717) is 11.5 Å². The molecule has 3 amide bonds. The fraction of sp³-hybridized carbons (Fsp3) is 0.389. The quantitative estimate of drug-likeness (QED) is 0.617. The number of hydrogen-bond acceptors (Lipinski definition) is 5. The van der Waals surface area contributed by atoms with E-state index in [1.165, 1.54) is 11.0 Å². The molecule has 1 unspecified atom stereocenters. The van der Waals surface area contributed by atoms with Gasteiger partial charge in [-0.1, -0.05) is 0 Å². The molecule has 1 aromatic rings. The van der Waals surface area contributed by atoms with Crippen LogP contribution in [-0.4, -0.2) is 48.9 Å².